The van der Waals surface area contributed by atoms with E-state index in [4.69, 9.17) is 18.0 Å². The standard InChI is InChI=1S/C13H22N2OS/c1-3-10-4-5-15(8-10)12(16)13(11(14)17)6-9(2)7-13/h9-10H,3-8H2,1-2H3,(H2,14,17). The van der Waals surface area contributed by atoms with Gasteiger partial charge in [-0.05, 0) is 31.1 Å². The normalized spacial score (nSPS) is 36.7. The third-order valence-electron chi connectivity index (χ3n) is 4.43. The zero-order valence-electron chi connectivity index (χ0n) is 10.7. The third-order valence-corrected chi connectivity index (χ3v) is 4.82. The first-order valence-corrected chi connectivity index (χ1v) is 6.99. The Labute approximate surface area is 109 Å². The second-order valence-corrected chi connectivity index (χ2v) is 6.21. The molecule has 1 saturated carbocycles. The first-order valence-electron chi connectivity index (χ1n) is 6.59. The van der Waals surface area contributed by atoms with Gasteiger partial charge in [-0.2, -0.15) is 0 Å². The van der Waals surface area contributed by atoms with Gasteiger partial charge in [0, 0.05) is 13.1 Å². The molecule has 2 rings (SSSR count). The minimum atomic E-state index is -0.503. The van der Waals surface area contributed by atoms with Crippen molar-refractivity contribution in [1.29, 1.82) is 0 Å². The van der Waals surface area contributed by atoms with Crippen molar-refractivity contribution >= 4 is 23.1 Å². The molecule has 4 heteroatoms. The van der Waals surface area contributed by atoms with Gasteiger partial charge in [0.1, 0.15) is 0 Å². The fraction of sp³-hybridized carbons (Fsp3) is 0.846. The number of nitrogens with zero attached hydrogens (tertiary/aromatic N) is 1. The number of hydrogen-bond acceptors (Lipinski definition) is 2. The lowest BCUT2D eigenvalue weighted by Gasteiger charge is -2.46. The summed E-state index contributed by atoms with van der Waals surface area (Å²) in [4.78, 5) is 14.9. The van der Waals surface area contributed by atoms with E-state index in [0.29, 0.717) is 16.8 Å². The highest BCUT2D eigenvalue weighted by Gasteiger charge is 2.53. The fourth-order valence-electron chi connectivity index (χ4n) is 3.26. The molecule has 1 aliphatic heterocycles. The predicted octanol–water partition coefficient (Wildman–Crippen LogP) is 1.95. The number of carbonyl (C=O) groups excluding carboxylic acids is 1. The van der Waals surface area contributed by atoms with E-state index in [1.807, 2.05) is 4.90 Å². The van der Waals surface area contributed by atoms with Crippen molar-refractivity contribution in [2.75, 3.05) is 13.1 Å². The van der Waals surface area contributed by atoms with Gasteiger partial charge in [0.15, 0.2) is 0 Å². The van der Waals surface area contributed by atoms with Crippen molar-refractivity contribution in [3.63, 3.8) is 0 Å². The largest absolute Gasteiger partial charge is 0.392 e. The maximum absolute atomic E-state index is 12.6. The van der Waals surface area contributed by atoms with Crippen LogP contribution in [0.1, 0.15) is 39.5 Å². The molecule has 0 aromatic rings. The van der Waals surface area contributed by atoms with Crippen LogP contribution in [0.25, 0.3) is 0 Å². The Bertz CT molecular complexity index is 336. The molecule has 96 valence electrons. The van der Waals surface area contributed by atoms with Gasteiger partial charge < -0.3 is 10.6 Å². The average molecular weight is 254 g/mol. The molecule has 1 atom stereocenters. The summed E-state index contributed by atoms with van der Waals surface area (Å²) in [6, 6.07) is 0. The molecule has 17 heavy (non-hydrogen) atoms. The maximum Gasteiger partial charge on any atom is 0.235 e. The second-order valence-electron chi connectivity index (χ2n) is 5.77. The van der Waals surface area contributed by atoms with Crippen molar-refractivity contribution in [3.05, 3.63) is 0 Å². The molecule has 2 N–H and O–H groups in total. The van der Waals surface area contributed by atoms with Gasteiger partial charge in [-0.3, -0.25) is 4.79 Å². The van der Waals surface area contributed by atoms with Crippen molar-refractivity contribution in [2.24, 2.45) is 23.0 Å². The summed E-state index contributed by atoms with van der Waals surface area (Å²) >= 11 is 5.13. The molecular weight excluding hydrogens is 232 g/mol. The first kappa shape index (κ1) is 12.8. The number of hydrogen-bond donors (Lipinski definition) is 1. The van der Waals surface area contributed by atoms with E-state index in [1.54, 1.807) is 0 Å². The van der Waals surface area contributed by atoms with Crippen molar-refractivity contribution in [3.8, 4) is 0 Å². The molecule has 1 saturated heterocycles. The van der Waals surface area contributed by atoms with E-state index in [-0.39, 0.29) is 5.91 Å². The Morgan fingerprint density at radius 1 is 1.53 bits per heavy atom. The molecule has 3 nitrogen and oxygen atoms in total. The molecule has 1 amide bonds. The number of thiocarbonyl (C=S) groups is 1. The molecule has 0 aromatic heterocycles. The second kappa shape index (κ2) is 4.56. The fourth-order valence-corrected chi connectivity index (χ4v) is 3.52. The number of amides is 1. The lowest BCUT2D eigenvalue weighted by molar-refractivity contribution is -0.143. The van der Waals surface area contributed by atoms with Crippen LogP contribution in [-0.2, 0) is 4.79 Å². The Morgan fingerprint density at radius 2 is 2.18 bits per heavy atom. The first-order chi connectivity index (χ1) is 7.99. The van der Waals surface area contributed by atoms with Crippen LogP contribution < -0.4 is 5.73 Å². The molecule has 2 fully saturated rings. The van der Waals surface area contributed by atoms with Gasteiger partial charge in [-0.15, -0.1) is 0 Å². The van der Waals surface area contributed by atoms with Crippen LogP contribution in [0.3, 0.4) is 0 Å². The van der Waals surface area contributed by atoms with E-state index in [9.17, 15) is 4.79 Å². The molecule has 0 bridgehead atoms. The Balaban J connectivity index is 2.06. The molecular formula is C13H22N2OS. The van der Waals surface area contributed by atoms with E-state index in [1.165, 1.54) is 0 Å². The minimum absolute atomic E-state index is 0.194. The lowest BCUT2D eigenvalue weighted by Crippen LogP contribution is -2.56. The molecule has 2 aliphatic rings. The zero-order chi connectivity index (χ0) is 12.6. The van der Waals surface area contributed by atoms with Crippen LogP contribution >= 0.6 is 12.2 Å². The van der Waals surface area contributed by atoms with Crippen LogP contribution in [0.5, 0.6) is 0 Å². The van der Waals surface area contributed by atoms with E-state index in [2.05, 4.69) is 13.8 Å². The highest BCUT2D eigenvalue weighted by atomic mass is 32.1. The molecule has 1 unspecified atom stereocenters. The summed E-state index contributed by atoms with van der Waals surface area (Å²) in [6.07, 6.45) is 3.97. The van der Waals surface area contributed by atoms with Gasteiger partial charge >= 0.3 is 0 Å². The van der Waals surface area contributed by atoms with Gasteiger partial charge in [0.2, 0.25) is 5.91 Å². The maximum atomic E-state index is 12.6. The quantitative estimate of drug-likeness (QED) is 0.783. The van der Waals surface area contributed by atoms with E-state index >= 15 is 0 Å². The average Bonchev–Trinajstić information content (AvgIpc) is 2.71. The highest BCUT2D eigenvalue weighted by Crippen LogP contribution is 2.47. The Kier molecular flexibility index (Phi) is 3.43. The van der Waals surface area contributed by atoms with E-state index < -0.39 is 5.41 Å². The molecule has 1 aliphatic carbocycles. The number of likely N-dealkylation sites (tertiary alicyclic amines) is 1. The van der Waals surface area contributed by atoms with Crippen molar-refractivity contribution < 1.29 is 4.79 Å². The lowest BCUT2D eigenvalue weighted by atomic mass is 9.61. The third kappa shape index (κ3) is 2.07. The molecule has 0 radical (unpaired) electrons. The Morgan fingerprint density at radius 3 is 2.59 bits per heavy atom. The summed E-state index contributed by atoms with van der Waals surface area (Å²) in [7, 11) is 0. The summed E-state index contributed by atoms with van der Waals surface area (Å²) in [5, 5.41) is 0. The summed E-state index contributed by atoms with van der Waals surface area (Å²) in [5.41, 5.74) is 5.31. The number of carbonyl (C=O) groups is 1. The van der Waals surface area contributed by atoms with Crippen LogP contribution in [0, 0.1) is 17.3 Å². The van der Waals surface area contributed by atoms with Crippen molar-refractivity contribution in [2.45, 2.75) is 39.5 Å². The van der Waals surface area contributed by atoms with Gasteiger partial charge in [0.25, 0.3) is 0 Å². The van der Waals surface area contributed by atoms with E-state index in [0.717, 1.165) is 38.8 Å². The summed E-state index contributed by atoms with van der Waals surface area (Å²) < 4.78 is 0. The highest BCUT2D eigenvalue weighted by molar-refractivity contribution is 7.80. The van der Waals surface area contributed by atoms with Crippen LogP contribution in [-0.4, -0.2) is 28.9 Å². The smallest absolute Gasteiger partial charge is 0.235 e. The van der Waals surface area contributed by atoms with Gasteiger partial charge in [-0.25, -0.2) is 0 Å². The predicted molar refractivity (Wildman–Crippen MR) is 72.6 cm³/mol. The topological polar surface area (TPSA) is 46.3 Å². The number of rotatable bonds is 3. The van der Waals surface area contributed by atoms with Gasteiger partial charge in [-0.1, -0.05) is 32.5 Å². The SMILES string of the molecule is CCC1CCN(C(=O)C2(C(N)=S)CC(C)C2)C1. The van der Waals surface area contributed by atoms with Gasteiger partial charge in [0.05, 0.1) is 10.4 Å². The summed E-state index contributed by atoms with van der Waals surface area (Å²) in [5.74, 6) is 1.43. The minimum Gasteiger partial charge on any atom is -0.392 e. The Hall–Kier alpha value is -0.640. The molecule has 0 spiro atoms. The van der Waals surface area contributed by atoms with Crippen molar-refractivity contribution in [1.82, 2.24) is 4.90 Å². The van der Waals surface area contributed by atoms with Crippen LogP contribution in [0.4, 0.5) is 0 Å². The monoisotopic (exact) mass is 254 g/mol. The summed E-state index contributed by atoms with van der Waals surface area (Å²) in [6.45, 7) is 6.13. The molecule has 0 aromatic carbocycles. The zero-order valence-corrected chi connectivity index (χ0v) is 11.6. The van der Waals surface area contributed by atoms with Crippen LogP contribution in [0.2, 0.25) is 0 Å². The number of nitrogens with two attached hydrogens (primary N) is 1. The molecule has 1 heterocycles. The van der Waals surface area contributed by atoms with Crippen LogP contribution in [0.15, 0.2) is 0 Å².